The van der Waals surface area contributed by atoms with Crippen molar-refractivity contribution < 1.29 is 4.79 Å². The van der Waals surface area contributed by atoms with Gasteiger partial charge in [-0.3, -0.25) is 9.78 Å². The first-order valence-corrected chi connectivity index (χ1v) is 8.78. The van der Waals surface area contributed by atoms with Gasteiger partial charge in [0, 0.05) is 68.9 Å². The monoisotopic (exact) mass is 334 g/mol. The number of pyridine rings is 1. The molecule has 3 aromatic rings. The van der Waals surface area contributed by atoms with Gasteiger partial charge < -0.3 is 14.4 Å². The molecule has 1 aliphatic heterocycles. The average molecular weight is 334 g/mol. The molecule has 5 heteroatoms. The highest BCUT2D eigenvalue weighted by molar-refractivity contribution is 5.80. The van der Waals surface area contributed by atoms with Gasteiger partial charge in [-0.05, 0) is 29.7 Å². The maximum absolute atomic E-state index is 12.6. The minimum absolute atomic E-state index is 0.243. The van der Waals surface area contributed by atoms with Gasteiger partial charge in [0.05, 0.1) is 0 Å². The summed E-state index contributed by atoms with van der Waals surface area (Å²) < 4.78 is 2.17. The number of rotatable bonds is 4. The molecule has 1 amide bonds. The van der Waals surface area contributed by atoms with Crippen LogP contribution in [-0.2, 0) is 11.3 Å². The number of amides is 1. The predicted octanol–water partition coefficient (Wildman–Crippen LogP) is 2.78. The number of carbonyl (C=O) groups excluding carboxylic acids is 1. The number of fused-ring (bicyclic) bond motifs is 1. The summed E-state index contributed by atoms with van der Waals surface area (Å²) in [6.07, 6.45) is 6.25. The van der Waals surface area contributed by atoms with Crippen molar-refractivity contribution in [2.24, 2.45) is 0 Å². The van der Waals surface area contributed by atoms with Crippen molar-refractivity contribution in [3.8, 4) is 0 Å². The number of hydrogen-bond acceptors (Lipinski definition) is 3. The Morgan fingerprint density at radius 3 is 2.52 bits per heavy atom. The van der Waals surface area contributed by atoms with Crippen LogP contribution in [-0.4, -0.2) is 46.5 Å². The molecule has 2 aromatic heterocycles. The van der Waals surface area contributed by atoms with E-state index in [2.05, 4.69) is 38.8 Å². The molecule has 3 heterocycles. The number of hydrogen-bond donors (Lipinski definition) is 0. The maximum atomic E-state index is 12.6. The van der Waals surface area contributed by atoms with Gasteiger partial charge in [-0.1, -0.05) is 18.2 Å². The molecule has 4 rings (SSSR count). The second-order valence-electron chi connectivity index (χ2n) is 6.39. The van der Waals surface area contributed by atoms with E-state index < -0.39 is 0 Å². The molecule has 0 bridgehead atoms. The molecule has 0 saturated carbocycles. The lowest BCUT2D eigenvalue weighted by molar-refractivity contribution is -0.131. The molecule has 0 N–H and O–H groups in total. The smallest absolute Gasteiger partial charge is 0.224 e. The molecule has 25 heavy (non-hydrogen) atoms. The van der Waals surface area contributed by atoms with Crippen molar-refractivity contribution in [2.75, 3.05) is 31.1 Å². The summed E-state index contributed by atoms with van der Waals surface area (Å²) in [5, 5.41) is 1.22. The zero-order valence-electron chi connectivity index (χ0n) is 14.2. The summed E-state index contributed by atoms with van der Waals surface area (Å²) in [6.45, 7) is 4.06. The van der Waals surface area contributed by atoms with Crippen LogP contribution in [0.4, 0.5) is 5.69 Å². The Morgan fingerprint density at radius 2 is 1.72 bits per heavy atom. The van der Waals surface area contributed by atoms with Crippen LogP contribution in [0.15, 0.2) is 61.1 Å². The van der Waals surface area contributed by atoms with Gasteiger partial charge in [-0.25, -0.2) is 0 Å². The van der Waals surface area contributed by atoms with Crippen LogP contribution in [0.5, 0.6) is 0 Å². The van der Waals surface area contributed by atoms with Gasteiger partial charge in [0.25, 0.3) is 0 Å². The first-order chi connectivity index (χ1) is 12.3. The van der Waals surface area contributed by atoms with E-state index in [9.17, 15) is 4.79 Å². The van der Waals surface area contributed by atoms with Crippen molar-refractivity contribution in [3.05, 3.63) is 61.1 Å². The van der Waals surface area contributed by atoms with E-state index in [0.29, 0.717) is 6.42 Å². The Morgan fingerprint density at radius 1 is 0.960 bits per heavy atom. The van der Waals surface area contributed by atoms with Crippen molar-refractivity contribution >= 4 is 22.5 Å². The van der Waals surface area contributed by atoms with E-state index in [1.54, 1.807) is 0 Å². The van der Waals surface area contributed by atoms with Crippen molar-refractivity contribution in [1.29, 1.82) is 0 Å². The standard InChI is InChI=1S/C20H22N4O/c25-20(8-12-23-11-7-17-3-1-2-4-19(17)23)24-15-13-22(14-16-24)18-5-9-21-10-6-18/h1-7,9-11H,8,12-16H2. The van der Waals surface area contributed by atoms with Crippen LogP contribution in [0.1, 0.15) is 6.42 Å². The Kier molecular flexibility index (Phi) is 4.37. The molecule has 0 radical (unpaired) electrons. The molecule has 5 nitrogen and oxygen atoms in total. The van der Waals surface area contributed by atoms with Crippen LogP contribution in [0, 0.1) is 0 Å². The van der Waals surface area contributed by atoms with Crippen LogP contribution >= 0.6 is 0 Å². The third kappa shape index (κ3) is 3.36. The third-order valence-corrected chi connectivity index (χ3v) is 4.91. The highest BCUT2D eigenvalue weighted by Gasteiger charge is 2.21. The third-order valence-electron chi connectivity index (χ3n) is 4.91. The molecular weight excluding hydrogens is 312 g/mol. The quantitative estimate of drug-likeness (QED) is 0.737. The fraction of sp³-hybridized carbons (Fsp3) is 0.300. The van der Waals surface area contributed by atoms with Crippen molar-refractivity contribution in [1.82, 2.24) is 14.5 Å². The second-order valence-corrected chi connectivity index (χ2v) is 6.39. The van der Waals surface area contributed by atoms with E-state index in [4.69, 9.17) is 0 Å². The first kappa shape index (κ1) is 15.7. The summed E-state index contributed by atoms with van der Waals surface area (Å²) in [7, 11) is 0. The molecule has 128 valence electrons. The first-order valence-electron chi connectivity index (χ1n) is 8.78. The van der Waals surface area contributed by atoms with Crippen molar-refractivity contribution in [3.63, 3.8) is 0 Å². The Bertz CT molecular complexity index is 850. The summed E-state index contributed by atoms with van der Waals surface area (Å²) in [6, 6.07) is 14.4. The van der Waals surface area contributed by atoms with Gasteiger partial charge in [0.1, 0.15) is 0 Å². The largest absolute Gasteiger partial charge is 0.368 e. The lowest BCUT2D eigenvalue weighted by Gasteiger charge is -2.36. The number of aromatic nitrogens is 2. The lowest BCUT2D eigenvalue weighted by Crippen LogP contribution is -2.48. The molecule has 0 spiro atoms. The summed E-state index contributed by atoms with van der Waals surface area (Å²) in [5.74, 6) is 0.243. The van der Waals surface area contributed by atoms with E-state index in [1.807, 2.05) is 41.6 Å². The SMILES string of the molecule is O=C(CCn1ccc2ccccc21)N1CCN(c2ccncc2)CC1. The molecule has 0 unspecified atom stereocenters. The highest BCUT2D eigenvalue weighted by atomic mass is 16.2. The minimum atomic E-state index is 0.243. The van der Waals surface area contributed by atoms with Crippen LogP contribution < -0.4 is 4.90 Å². The minimum Gasteiger partial charge on any atom is -0.368 e. The van der Waals surface area contributed by atoms with E-state index in [-0.39, 0.29) is 5.91 Å². The van der Waals surface area contributed by atoms with E-state index in [0.717, 1.165) is 32.7 Å². The average Bonchev–Trinajstić information content (AvgIpc) is 3.10. The molecule has 0 atom stereocenters. The number of para-hydroxylation sites is 1. The number of benzene rings is 1. The van der Waals surface area contributed by atoms with Gasteiger partial charge in [0.2, 0.25) is 5.91 Å². The number of nitrogens with zero attached hydrogens (tertiary/aromatic N) is 4. The molecule has 0 aliphatic carbocycles. The molecular formula is C20H22N4O. The second kappa shape index (κ2) is 6.97. The fourth-order valence-corrected chi connectivity index (χ4v) is 3.48. The van der Waals surface area contributed by atoms with E-state index in [1.165, 1.54) is 16.6 Å². The van der Waals surface area contributed by atoms with Crippen LogP contribution in [0.3, 0.4) is 0 Å². The Balaban J connectivity index is 1.32. The molecule has 1 fully saturated rings. The topological polar surface area (TPSA) is 41.4 Å². The molecule has 1 saturated heterocycles. The zero-order valence-corrected chi connectivity index (χ0v) is 14.2. The predicted molar refractivity (Wildman–Crippen MR) is 99.6 cm³/mol. The summed E-state index contributed by atoms with van der Waals surface area (Å²) >= 11 is 0. The fourth-order valence-electron chi connectivity index (χ4n) is 3.48. The molecule has 1 aromatic carbocycles. The number of carbonyl (C=O) groups is 1. The lowest BCUT2D eigenvalue weighted by atomic mass is 10.2. The van der Waals surface area contributed by atoms with E-state index >= 15 is 0 Å². The zero-order chi connectivity index (χ0) is 17.1. The number of piperazine rings is 1. The number of aryl methyl sites for hydroxylation is 1. The maximum Gasteiger partial charge on any atom is 0.224 e. The highest BCUT2D eigenvalue weighted by Crippen LogP contribution is 2.17. The Labute approximate surface area is 147 Å². The van der Waals surface area contributed by atoms with Gasteiger partial charge in [-0.2, -0.15) is 0 Å². The van der Waals surface area contributed by atoms with Gasteiger partial charge in [0.15, 0.2) is 0 Å². The van der Waals surface area contributed by atoms with Crippen LogP contribution in [0.2, 0.25) is 0 Å². The van der Waals surface area contributed by atoms with Gasteiger partial charge >= 0.3 is 0 Å². The Hall–Kier alpha value is -2.82. The van der Waals surface area contributed by atoms with Crippen molar-refractivity contribution in [2.45, 2.75) is 13.0 Å². The van der Waals surface area contributed by atoms with Crippen LogP contribution in [0.25, 0.3) is 10.9 Å². The van der Waals surface area contributed by atoms with Gasteiger partial charge in [-0.15, -0.1) is 0 Å². The summed E-state index contributed by atoms with van der Waals surface area (Å²) in [5.41, 5.74) is 2.37. The summed E-state index contributed by atoms with van der Waals surface area (Å²) in [4.78, 5) is 20.9. The molecule has 1 aliphatic rings. The number of anilines is 1. The normalized spacial score (nSPS) is 14.9.